The maximum Gasteiger partial charge on any atom is 0.139 e. The van der Waals surface area contributed by atoms with Gasteiger partial charge < -0.3 is 0 Å². The van der Waals surface area contributed by atoms with Gasteiger partial charge in [-0.25, -0.2) is 0 Å². The van der Waals surface area contributed by atoms with Crippen molar-refractivity contribution in [2.45, 2.75) is 58.3 Å². The Labute approximate surface area is 87.6 Å². The van der Waals surface area contributed by atoms with Gasteiger partial charge in [0, 0.05) is 12.3 Å². The average Bonchev–Trinajstić information content (AvgIpc) is 2.39. The Morgan fingerprint density at radius 3 is 2.93 bits per heavy atom. The van der Waals surface area contributed by atoms with E-state index < -0.39 is 0 Å². The van der Waals surface area contributed by atoms with Crippen LogP contribution in [0, 0.1) is 5.92 Å². The van der Waals surface area contributed by atoms with E-state index in [1.165, 1.54) is 24.8 Å². The number of rotatable bonds is 4. The van der Waals surface area contributed by atoms with Crippen LogP contribution in [0.15, 0.2) is 12.2 Å². The first kappa shape index (κ1) is 11.5. The summed E-state index contributed by atoms with van der Waals surface area (Å²) in [6.07, 6.45) is 8.77. The molecule has 1 aliphatic carbocycles. The molecule has 1 saturated carbocycles. The van der Waals surface area contributed by atoms with Crippen molar-refractivity contribution in [2.75, 3.05) is 0 Å². The Balaban J connectivity index is 2.46. The molecule has 1 rings (SSSR count). The number of allylic oxidation sites excluding steroid dienone is 1. The highest BCUT2D eigenvalue weighted by Gasteiger charge is 2.22. The van der Waals surface area contributed by atoms with E-state index in [1.54, 1.807) is 0 Å². The third-order valence-corrected chi connectivity index (χ3v) is 3.15. The second kappa shape index (κ2) is 6.00. The monoisotopic (exact) mass is 194 g/mol. The van der Waals surface area contributed by atoms with Crippen LogP contribution in [0.25, 0.3) is 0 Å². The summed E-state index contributed by atoms with van der Waals surface area (Å²) in [5.41, 5.74) is 1.20. The van der Waals surface area contributed by atoms with E-state index in [1.807, 2.05) is 0 Å². The zero-order valence-corrected chi connectivity index (χ0v) is 9.35. The Bertz CT molecular complexity index is 205. The fraction of sp³-hybridized carbons (Fsp3) is 0.769. The fourth-order valence-electron chi connectivity index (χ4n) is 2.17. The molecule has 0 aromatic rings. The van der Waals surface area contributed by atoms with E-state index in [0.717, 1.165) is 32.1 Å². The molecular formula is C13H22O. The lowest BCUT2D eigenvalue weighted by atomic mass is 9.89. The maximum absolute atomic E-state index is 11.9. The van der Waals surface area contributed by atoms with Crippen molar-refractivity contribution in [3.05, 3.63) is 12.2 Å². The number of hydrogen-bond acceptors (Lipinski definition) is 1. The maximum atomic E-state index is 11.9. The minimum atomic E-state index is 0.198. The Hall–Kier alpha value is -0.590. The first-order valence-electron chi connectivity index (χ1n) is 5.96. The second-order valence-electron chi connectivity index (χ2n) is 4.38. The van der Waals surface area contributed by atoms with E-state index in [9.17, 15) is 4.79 Å². The van der Waals surface area contributed by atoms with Crippen LogP contribution < -0.4 is 0 Å². The van der Waals surface area contributed by atoms with Gasteiger partial charge in [-0.3, -0.25) is 4.79 Å². The third kappa shape index (κ3) is 3.28. The summed E-state index contributed by atoms with van der Waals surface area (Å²) < 4.78 is 0. The first-order chi connectivity index (χ1) is 6.75. The highest BCUT2D eigenvalue weighted by Crippen LogP contribution is 2.28. The van der Waals surface area contributed by atoms with Gasteiger partial charge in [-0.15, -0.1) is 0 Å². The molecular weight excluding hydrogens is 172 g/mol. The minimum absolute atomic E-state index is 0.198. The first-order valence-corrected chi connectivity index (χ1v) is 5.96. The van der Waals surface area contributed by atoms with E-state index in [2.05, 4.69) is 13.5 Å². The molecule has 1 unspecified atom stereocenters. The number of carbonyl (C=O) groups is 1. The van der Waals surface area contributed by atoms with Gasteiger partial charge in [-0.1, -0.05) is 38.3 Å². The molecule has 0 heterocycles. The zero-order chi connectivity index (χ0) is 10.4. The van der Waals surface area contributed by atoms with E-state index >= 15 is 0 Å². The molecule has 0 amide bonds. The molecule has 1 aliphatic rings. The average molecular weight is 194 g/mol. The molecule has 0 aliphatic heterocycles. The quantitative estimate of drug-likeness (QED) is 0.490. The number of unbranched alkanes of at least 4 members (excludes halogenated alkanes) is 1. The standard InChI is InChI=1S/C13H22O/c1-3-4-10-13(14)12-9-7-5-6-8-11(12)2/h12H,2-10H2,1H3. The molecule has 0 aromatic heterocycles. The van der Waals surface area contributed by atoms with Crippen LogP contribution in [-0.2, 0) is 4.79 Å². The van der Waals surface area contributed by atoms with Crippen molar-refractivity contribution in [1.29, 1.82) is 0 Å². The van der Waals surface area contributed by atoms with Crippen molar-refractivity contribution >= 4 is 5.78 Å². The summed E-state index contributed by atoms with van der Waals surface area (Å²) in [7, 11) is 0. The van der Waals surface area contributed by atoms with Crippen LogP contribution in [0.5, 0.6) is 0 Å². The molecule has 0 radical (unpaired) electrons. The van der Waals surface area contributed by atoms with Gasteiger partial charge >= 0.3 is 0 Å². The van der Waals surface area contributed by atoms with E-state index in [4.69, 9.17) is 0 Å². The summed E-state index contributed by atoms with van der Waals surface area (Å²) in [6, 6.07) is 0. The van der Waals surface area contributed by atoms with Crippen molar-refractivity contribution in [3.8, 4) is 0 Å². The molecule has 0 spiro atoms. The van der Waals surface area contributed by atoms with Crippen LogP contribution in [-0.4, -0.2) is 5.78 Å². The smallest absolute Gasteiger partial charge is 0.139 e. The van der Waals surface area contributed by atoms with Crippen molar-refractivity contribution in [3.63, 3.8) is 0 Å². The third-order valence-electron chi connectivity index (χ3n) is 3.15. The summed E-state index contributed by atoms with van der Waals surface area (Å²) in [4.78, 5) is 11.9. The van der Waals surface area contributed by atoms with Gasteiger partial charge in [0.25, 0.3) is 0 Å². The van der Waals surface area contributed by atoms with Crippen molar-refractivity contribution < 1.29 is 4.79 Å². The van der Waals surface area contributed by atoms with Gasteiger partial charge in [0.1, 0.15) is 5.78 Å². The second-order valence-corrected chi connectivity index (χ2v) is 4.38. The molecule has 1 fully saturated rings. The molecule has 0 saturated heterocycles. The van der Waals surface area contributed by atoms with Crippen LogP contribution in [0.4, 0.5) is 0 Å². The summed E-state index contributed by atoms with van der Waals surface area (Å²) in [5.74, 6) is 0.641. The fourth-order valence-corrected chi connectivity index (χ4v) is 2.17. The number of ketones is 1. The van der Waals surface area contributed by atoms with E-state index in [-0.39, 0.29) is 5.92 Å². The molecule has 1 atom stereocenters. The normalized spacial score (nSPS) is 23.2. The molecule has 1 heteroatoms. The summed E-state index contributed by atoms with van der Waals surface area (Å²) >= 11 is 0. The summed E-state index contributed by atoms with van der Waals surface area (Å²) in [5, 5.41) is 0. The molecule has 80 valence electrons. The molecule has 14 heavy (non-hydrogen) atoms. The molecule has 0 aromatic carbocycles. The predicted octanol–water partition coefficient (Wildman–Crippen LogP) is 3.88. The number of carbonyl (C=O) groups excluding carboxylic acids is 1. The van der Waals surface area contributed by atoms with Crippen LogP contribution in [0.1, 0.15) is 58.3 Å². The summed E-state index contributed by atoms with van der Waals surface area (Å²) in [6.45, 7) is 6.20. The van der Waals surface area contributed by atoms with Crippen LogP contribution >= 0.6 is 0 Å². The van der Waals surface area contributed by atoms with Crippen LogP contribution in [0.2, 0.25) is 0 Å². The van der Waals surface area contributed by atoms with E-state index in [0.29, 0.717) is 5.78 Å². The molecule has 0 bridgehead atoms. The SMILES string of the molecule is C=C1CCCCCC1C(=O)CCCC. The lowest BCUT2D eigenvalue weighted by molar-refractivity contribution is -0.122. The highest BCUT2D eigenvalue weighted by atomic mass is 16.1. The lowest BCUT2D eigenvalue weighted by Gasteiger charge is -2.14. The number of Topliss-reactive ketones (excluding diaryl/α,β-unsaturated/α-hetero) is 1. The Morgan fingerprint density at radius 2 is 2.21 bits per heavy atom. The van der Waals surface area contributed by atoms with Crippen molar-refractivity contribution in [1.82, 2.24) is 0 Å². The molecule has 0 N–H and O–H groups in total. The van der Waals surface area contributed by atoms with Gasteiger partial charge in [0.2, 0.25) is 0 Å². The van der Waals surface area contributed by atoms with Crippen LogP contribution in [0.3, 0.4) is 0 Å². The van der Waals surface area contributed by atoms with Gasteiger partial charge in [-0.2, -0.15) is 0 Å². The Morgan fingerprint density at radius 1 is 1.43 bits per heavy atom. The molecule has 1 nitrogen and oxygen atoms in total. The topological polar surface area (TPSA) is 17.1 Å². The minimum Gasteiger partial charge on any atom is -0.299 e. The lowest BCUT2D eigenvalue weighted by Crippen LogP contribution is -2.15. The van der Waals surface area contributed by atoms with Gasteiger partial charge in [0.15, 0.2) is 0 Å². The van der Waals surface area contributed by atoms with Gasteiger partial charge in [0.05, 0.1) is 0 Å². The zero-order valence-electron chi connectivity index (χ0n) is 9.35. The largest absolute Gasteiger partial charge is 0.299 e. The Kier molecular flexibility index (Phi) is 4.92. The predicted molar refractivity (Wildman–Crippen MR) is 60.2 cm³/mol. The van der Waals surface area contributed by atoms with Crippen molar-refractivity contribution in [2.24, 2.45) is 5.92 Å². The highest BCUT2D eigenvalue weighted by molar-refractivity contribution is 5.83. The number of hydrogen-bond donors (Lipinski definition) is 0. The van der Waals surface area contributed by atoms with Gasteiger partial charge in [-0.05, 0) is 25.7 Å².